The van der Waals surface area contributed by atoms with Gasteiger partial charge in [0.25, 0.3) is 0 Å². The van der Waals surface area contributed by atoms with E-state index in [1.54, 1.807) is 7.11 Å². The minimum atomic E-state index is 0.719. The molecule has 0 spiro atoms. The van der Waals surface area contributed by atoms with Crippen LogP contribution in [0.25, 0.3) is 10.9 Å². The quantitative estimate of drug-likeness (QED) is 0.798. The number of hydrogen-bond donors (Lipinski definition) is 2. The van der Waals surface area contributed by atoms with Gasteiger partial charge in [-0.05, 0) is 11.6 Å². The summed E-state index contributed by atoms with van der Waals surface area (Å²) in [6.45, 7) is 1.93. The van der Waals surface area contributed by atoms with Crippen LogP contribution in [0.2, 0.25) is 5.02 Å². The molecule has 4 heteroatoms. The van der Waals surface area contributed by atoms with Crippen LogP contribution in [0.3, 0.4) is 0 Å². The van der Waals surface area contributed by atoms with Crippen LogP contribution in [0.4, 0.5) is 0 Å². The number of halogens is 1. The van der Waals surface area contributed by atoms with Crippen molar-refractivity contribution in [2.75, 3.05) is 13.7 Å². The maximum Gasteiger partial charge on any atom is 0.144 e. The zero-order valence-corrected chi connectivity index (χ0v) is 9.82. The second kappa shape index (κ2) is 3.68. The Morgan fingerprint density at radius 3 is 3.06 bits per heavy atom. The molecule has 1 aromatic heterocycles. The van der Waals surface area contributed by atoms with E-state index in [1.807, 2.05) is 12.1 Å². The molecule has 2 heterocycles. The van der Waals surface area contributed by atoms with Gasteiger partial charge in [0.2, 0.25) is 0 Å². The van der Waals surface area contributed by atoms with Gasteiger partial charge in [0.05, 0.1) is 12.6 Å². The normalized spacial score (nSPS) is 15.1. The van der Waals surface area contributed by atoms with Gasteiger partial charge < -0.3 is 15.0 Å². The minimum absolute atomic E-state index is 0.719. The highest BCUT2D eigenvalue weighted by molar-refractivity contribution is 6.31. The van der Waals surface area contributed by atoms with Crippen molar-refractivity contribution >= 4 is 22.5 Å². The van der Waals surface area contributed by atoms with Crippen molar-refractivity contribution < 1.29 is 4.74 Å². The van der Waals surface area contributed by atoms with Crippen LogP contribution >= 0.6 is 11.6 Å². The first-order valence-corrected chi connectivity index (χ1v) is 5.75. The van der Waals surface area contributed by atoms with Gasteiger partial charge in [-0.2, -0.15) is 0 Å². The van der Waals surface area contributed by atoms with E-state index in [-0.39, 0.29) is 0 Å². The van der Waals surface area contributed by atoms with Crippen LogP contribution in [0.1, 0.15) is 11.3 Å². The number of fused-ring (bicyclic) bond motifs is 3. The van der Waals surface area contributed by atoms with Crippen molar-refractivity contribution in [1.82, 2.24) is 10.3 Å². The molecule has 3 rings (SSSR count). The molecule has 16 heavy (non-hydrogen) atoms. The van der Waals surface area contributed by atoms with E-state index in [0.29, 0.717) is 0 Å². The molecule has 0 bridgehead atoms. The minimum Gasteiger partial charge on any atom is -0.495 e. The number of methoxy groups -OCH3 is 1. The van der Waals surface area contributed by atoms with Gasteiger partial charge in [0, 0.05) is 41.7 Å². The van der Waals surface area contributed by atoms with Crippen molar-refractivity contribution in [3.63, 3.8) is 0 Å². The van der Waals surface area contributed by atoms with Gasteiger partial charge in [0.15, 0.2) is 0 Å². The smallest absolute Gasteiger partial charge is 0.144 e. The Morgan fingerprint density at radius 2 is 2.25 bits per heavy atom. The number of nitrogens with one attached hydrogen (secondary N) is 2. The summed E-state index contributed by atoms with van der Waals surface area (Å²) in [7, 11) is 1.67. The van der Waals surface area contributed by atoms with Crippen LogP contribution in [-0.4, -0.2) is 18.6 Å². The number of ether oxygens (including phenoxy) is 1. The molecule has 0 amide bonds. The maximum atomic E-state index is 6.09. The first-order valence-electron chi connectivity index (χ1n) is 5.37. The monoisotopic (exact) mass is 236 g/mol. The third-order valence-electron chi connectivity index (χ3n) is 3.11. The lowest BCUT2D eigenvalue weighted by molar-refractivity contribution is 0.419. The average molecular weight is 237 g/mol. The summed E-state index contributed by atoms with van der Waals surface area (Å²) in [5.41, 5.74) is 3.68. The summed E-state index contributed by atoms with van der Waals surface area (Å²) in [6.07, 6.45) is 1.03. The summed E-state index contributed by atoms with van der Waals surface area (Å²) in [6, 6.07) is 3.85. The molecule has 2 N–H and O–H groups in total. The SMILES string of the molecule is COc1cc(Cl)cc2c3c([nH]c12)CCNC3. The van der Waals surface area contributed by atoms with Crippen molar-refractivity contribution in [2.24, 2.45) is 0 Å². The number of hydrogen-bond acceptors (Lipinski definition) is 2. The molecular formula is C12H13ClN2O. The predicted octanol–water partition coefficient (Wildman–Crippen LogP) is 2.48. The summed E-state index contributed by atoms with van der Waals surface area (Å²) in [5, 5.41) is 5.26. The van der Waals surface area contributed by atoms with Crippen LogP contribution in [-0.2, 0) is 13.0 Å². The van der Waals surface area contributed by atoms with E-state index in [9.17, 15) is 0 Å². The molecule has 1 aromatic carbocycles. The Balaban J connectivity index is 2.33. The summed E-state index contributed by atoms with van der Waals surface area (Å²) in [5.74, 6) is 0.817. The highest BCUT2D eigenvalue weighted by Crippen LogP contribution is 2.34. The molecule has 0 saturated heterocycles. The molecule has 84 valence electrons. The molecule has 1 aliphatic heterocycles. The van der Waals surface area contributed by atoms with Gasteiger partial charge in [-0.25, -0.2) is 0 Å². The van der Waals surface area contributed by atoms with Gasteiger partial charge in [-0.1, -0.05) is 11.6 Å². The van der Waals surface area contributed by atoms with E-state index < -0.39 is 0 Å². The van der Waals surface area contributed by atoms with Crippen LogP contribution in [0.15, 0.2) is 12.1 Å². The first kappa shape index (κ1) is 10.00. The van der Waals surface area contributed by atoms with Crippen molar-refractivity contribution in [1.29, 1.82) is 0 Å². The van der Waals surface area contributed by atoms with E-state index in [1.165, 1.54) is 16.6 Å². The summed E-state index contributed by atoms with van der Waals surface area (Å²) in [4.78, 5) is 3.44. The van der Waals surface area contributed by atoms with Crippen LogP contribution in [0, 0.1) is 0 Å². The number of aromatic nitrogens is 1. The molecule has 3 nitrogen and oxygen atoms in total. The Morgan fingerprint density at radius 1 is 1.38 bits per heavy atom. The fraction of sp³-hybridized carbons (Fsp3) is 0.333. The number of H-pyrrole nitrogens is 1. The molecule has 0 fully saturated rings. The number of aromatic amines is 1. The van der Waals surface area contributed by atoms with Gasteiger partial charge in [-0.15, -0.1) is 0 Å². The largest absolute Gasteiger partial charge is 0.495 e. The average Bonchev–Trinajstić information content (AvgIpc) is 2.67. The Labute approximate surface area is 98.7 Å². The second-order valence-electron chi connectivity index (χ2n) is 4.04. The lowest BCUT2D eigenvalue weighted by atomic mass is 10.1. The Hall–Kier alpha value is -1.19. The zero-order chi connectivity index (χ0) is 11.1. The Bertz CT molecular complexity index is 547. The van der Waals surface area contributed by atoms with Gasteiger partial charge in [0.1, 0.15) is 5.75 Å². The third kappa shape index (κ3) is 1.39. The second-order valence-corrected chi connectivity index (χ2v) is 4.48. The molecule has 0 radical (unpaired) electrons. The molecule has 1 aliphatic rings. The van der Waals surface area contributed by atoms with Crippen molar-refractivity contribution in [3.8, 4) is 5.75 Å². The number of rotatable bonds is 1. The predicted molar refractivity (Wildman–Crippen MR) is 65.3 cm³/mol. The lowest BCUT2D eigenvalue weighted by Gasteiger charge is -2.12. The van der Waals surface area contributed by atoms with E-state index in [0.717, 1.165) is 35.8 Å². The molecular weight excluding hydrogens is 224 g/mol. The zero-order valence-electron chi connectivity index (χ0n) is 9.06. The van der Waals surface area contributed by atoms with Crippen molar-refractivity contribution in [2.45, 2.75) is 13.0 Å². The third-order valence-corrected chi connectivity index (χ3v) is 3.32. The van der Waals surface area contributed by atoms with Gasteiger partial charge >= 0.3 is 0 Å². The van der Waals surface area contributed by atoms with Gasteiger partial charge in [-0.3, -0.25) is 0 Å². The molecule has 0 unspecified atom stereocenters. The fourth-order valence-electron chi connectivity index (χ4n) is 2.34. The molecule has 0 saturated carbocycles. The molecule has 0 atom stereocenters. The topological polar surface area (TPSA) is 37.0 Å². The van der Waals surface area contributed by atoms with E-state index in [2.05, 4.69) is 10.3 Å². The highest BCUT2D eigenvalue weighted by Gasteiger charge is 2.17. The van der Waals surface area contributed by atoms with Crippen LogP contribution in [0.5, 0.6) is 5.75 Å². The molecule has 2 aromatic rings. The summed E-state index contributed by atoms with van der Waals surface area (Å²) >= 11 is 6.09. The highest BCUT2D eigenvalue weighted by atomic mass is 35.5. The lowest BCUT2D eigenvalue weighted by Crippen LogP contribution is -2.22. The van der Waals surface area contributed by atoms with Crippen molar-refractivity contribution in [3.05, 3.63) is 28.4 Å². The maximum absolute atomic E-state index is 6.09. The number of benzene rings is 1. The summed E-state index contributed by atoms with van der Waals surface area (Å²) < 4.78 is 5.35. The van der Waals surface area contributed by atoms with E-state index >= 15 is 0 Å². The standard InChI is InChI=1S/C12H13ClN2O/c1-16-11-5-7(13)4-8-9-6-14-3-2-10(9)15-12(8)11/h4-5,14-15H,2-3,6H2,1H3. The fourth-order valence-corrected chi connectivity index (χ4v) is 2.55. The Kier molecular flexibility index (Phi) is 2.30. The van der Waals surface area contributed by atoms with E-state index in [4.69, 9.17) is 16.3 Å². The van der Waals surface area contributed by atoms with Crippen LogP contribution < -0.4 is 10.1 Å². The molecule has 0 aliphatic carbocycles. The first-order chi connectivity index (χ1) is 7.79.